The van der Waals surface area contributed by atoms with E-state index in [-0.39, 0.29) is 0 Å². The van der Waals surface area contributed by atoms with Crippen molar-refractivity contribution in [2.24, 2.45) is 0 Å². The van der Waals surface area contributed by atoms with Crippen LogP contribution in [0.1, 0.15) is 0 Å². The molecule has 0 spiro atoms. The summed E-state index contributed by atoms with van der Waals surface area (Å²) in [6.45, 7) is 0. The maximum Gasteiger partial charge on any atom is 0.135 e. The van der Waals surface area contributed by atoms with Gasteiger partial charge in [0.15, 0.2) is 0 Å². The molecule has 0 fully saturated rings. The molecule has 0 saturated heterocycles. The third-order valence-corrected chi connectivity index (χ3v) is 5.93. The van der Waals surface area contributed by atoms with Crippen molar-refractivity contribution in [3.8, 4) is 22.3 Å². The molecule has 0 aliphatic heterocycles. The first kappa shape index (κ1) is 17.3. The van der Waals surface area contributed by atoms with Crippen LogP contribution in [-0.4, -0.2) is 0 Å². The van der Waals surface area contributed by atoms with E-state index in [4.69, 9.17) is 16.0 Å². The van der Waals surface area contributed by atoms with Crippen LogP contribution < -0.4 is 0 Å². The minimum Gasteiger partial charge on any atom is -0.456 e. The van der Waals surface area contributed by atoms with E-state index in [1.165, 1.54) is 16.3 Å². The van der Waals surface area contributed by atoms with Crippen LogP contribution in [0.3, 0.4) is 0 Å². The van der Waals surface area contributed by atoms with E-state index < -0.39 is 0 Å². The van der Waals surface area contributed by atoms with Gasteiger partial charge in [0.05, 0.1) is 0 Å². The second-order valence-electron chi connectivity index (χ2n) is 7.56. The number of halogens is 1. The van der Waals surface area contributed by atoms with Gasteiger partial charge in [-0.2, -0.15) is 0 Å². The van der Waals surface area contributed by atoms with Gasteiger partial charge in [0.25, 0.3) is 0 Å². The van der Waals surface area contributed by atoms with Crippen LogP contribution in [0.5, 0.6) is 0 Å². The predicted molar refractivity (Wildman–Crippen MR) is 127 cm³/mol. The number of fused-ring (bicyclic) bond motifs is 4. The number of hydrogen-bond donors (Lipinski definition) is 0. The van der Waals surface area contributed by atoms with Crippen LogP contribution in [0.2, 0.25) is 5.02 Å². The fraction of sp³-hybridized carbons (Fsp3) is 0. The van der Waals surface area contributed by atoms with Gasteiger partial charge in [0, 0.05) is 15.8 Å². The lowest BCUT2D eigenvalue weighted by Gasteiger charge is -2.10. The molecule has 0 atom stereocenters. The van der Waals surface area contributed by atoms with Gasteiger partial charge in [-0.3, -0.25) is 0 Å². The molecule has 6 aromatic rings. The molecule has 0 amide bonds. The molecule has 0 aliphatic rings. The lowest BCUT2D eigenvalue weighted by molar-refractivity contribution is 0.669. The van der Waals surface area contributed by atoms with Crippen molar-refractivity contribution >= 4 is 44.3 Å². The van der Waals surface area contributed by atoms with E-state index in [2.05, 4.69) is 66.7 Å². The number of hydrogen-bond acceptors (Lipinski definition) is 1. The van der Waals surface area contributed by atoms with E-state index in [1.807, 2.05) is 36.4 Å². The maximum absolute atomic E-state index is 6.57. The average molecular weight is 405 g/mol. The molecular weight excluding hydrogens is 388 g/mol. The minimum absolute atomic E-state index is 0.729. The molecule has 142 valence electrons. The Hall–Kier alpha value is -3.55. The van der Waals surface area contributed by atoms with Crippen molar-refractivity contribution in [3.63, 3.8) is 0 Å². The van der Waals surface area contributed by atoms with Crippen LogP contribution in [0.25, 0.3) is 55.0 Å². The molecule has 30 heavy (non-hydrogen) atoms. The molecule has 6 rings (SSSR count). The first-order valence-electron chi connectivity index (χ1n) is 9.97. The summed E-state index contributed by atoms with van der Waals surface area (Å²) in [7, 11) is 0. The SMILES string of the molecule is Clc1cc(-c2ccc3oc4ccccc4c3c2)cc(-c2cccc3ccccc23)c1. The van der Waals surface area contributed by atoms with E-state index in [9.17, 15) is 0 Å². The summed E-state index contributed by atoms with van der Waals surface area (Å²) in [6, 6.07) is 35.6. The number of para-hydroxylation sites is 1. The quantitative estimate of drug-likeness (QED) is 0.281. The van der Waals surface area contributed by atoms with Crippen LogP contribution in [0, 0.1) is 0 Å². The van der Waals surface area contributed by atoms with Gasteiger partial charge in [-0.05, 0) is 69.4 Å². The highest BCUT2D eigenvalue weighted by Crippen LogP contribution is 2.36. The zero-order valence-corrected chi connectivity index (χ0v) is 16.9. The lowest BCUT2D eigenvalue weighted by Crippen LogP contribution is -1.85. The Morgan fingerprint density at radius 3 is 2.17 bits per heavy atom. The highest BCUT2D eigenvalue weighted by molar-refractivity contribution is 6.31. The van der Waals surface area contributed by atoms with Crippen LogP contribution in [0.15, 0.2) is 108 Å². The Kier molecular flexibility index (Phi) is 3.90. The molecular formula is C28H17ClO. The third kappa shape index (κ3) is 2.79. The molecule has 0 bridgehead atoms. The molecule has 5 aromatic carbocycles. The first-order valence-corrected chi connectivity index (χ1v) is 10.3. The number of benzene rings is 5. The molecule has 0 radical (unpaired) electrons. The van der Waals surface area contributed by atoms with Gasteiger partial charge >= 0.3 is 0 Å². The summed E-state index contributed by atoms with van der Waals surface area (Å²) in [6.07, 6.45) is 0. The normalized spacial score (nSPS) is 11.5. The molecule has 0 unspecified atom stereocenters. The molecule has 2 heteroatoms. The second kappa shape index (κ2) is 6.76. The van der Waals surface area contributed by atoms with E-state index >= 15 is 0 Å². The summed E-state index contributed by atoms with van der Waals surface area (Å²) in [4.78, 5) is 0. The summed E-state index contributed by atoms with van der Waals surface area (Å²) in [5, 5.41) is 5.43. The topological polar surface area (TPSA) is 13.1 Å². The standard InChI is InChI=1S/C28H17ClO/c29-22-15-20(14-21(16-22)24-10-5-7-18-6-1-2-8-23(18)24)19-12-13-28-26(17-19)25-9-3-4-11-27(25)30-28/h1-17H. The van der Waals surface area contributed by atoms with Gasteiger partial charge in [0.1, 0.15) is 11.2 Å². The Morgan fingerprint density at radius 1 is 0.500 bits per heavy atom. The Bertz CT molecular complexity index is 1550. The molecule has 0 N–H and O–H groups in total. The van der Waals surface area contributed by atoms with Gasteiger partial charge in [-0.1, -0.05) is 78.3 Å². The highest BCUT2D eigenvalue weighted by atomic mass is 35.5. The van der Waals surface area contributed by atoms with Crippen LogP contribution in [0.4, 0.5) is 0 Å². The van der Waals surface area contributed by atoms with Crippen molar-refractivity contribution < 1.29 is 4.42 Å². The van der Waals surface area contributed by atoms with Gasteiger partial charge in [-0.25, -0.2) is 0 Å². The Morgan fingerprint density at radius 2 is 1.23 bits per heavy atom. The van der Waals surface area contributed by atoms with Crippen molar-refractivity contribution in [1.82, 2.24) is 0 Å². The highest BCUT2D eigenvalue weighted by Gasteiger charge is 2.11. The van der Waals surface area contributed by atoms with Crippen LogP contribution in [-0.2, 0) is 0 Å². The fourth-order valence-corrected chi connectivity index (χ4v) is 4.53. The molecule has 0 saturated carbocycles. The smallest absolute Gasteiger partial charge is 0.135 e. The lowest BCUT2D eigenvalue weighted by atomic mass is 9.95. The molecule has 0 aliphatic carbocycles. The summed E-state index contributed by atoms with van der Waals surface area (Å²) in [5.74, 6) is 0. The van der Waals surface area contributed by atoms with Gasteiger partial charge in [0.2, 0.25) is 0 Å². The van der Waals surface area contributed by atoms with E-state index in [1.54, 1.807) is 0 Å². The Labute approximate surface area is 179 Å². The Balaban J connectivity index is 1.56. The van der Waals surface area contributed by atoms with E-state index in [0.717, 1.165) is 43.7 Å². The first-order chi connectivity index (χ1) is 14.8. The average Bonchev–Trinajstić information content (AvgIpc) is 3.16. The summed E-state index contributed by atoms with van der Waals surface area (Å²) < 4.78 is 5.98. The molecule has 1 aromatic heterocycles. The molecule has 1 nitrogen and oxygen atoms in total. The van der Waals surface area contributed by atoms with Crippen molar-refractivity contribution in [2.45, 2.75) is 0 Å². The summed E-state index contributed by atoms with van der Waals surface area (Å²) >= 11 is 6.57. The molecule has 1 heterocycles. The third-order valence-electron chi connectivity index (χ3n) is 5.71. The fourth-order valence-electron chi connectivity index (χ4n) is 4.29. The van der Waals surface area contributed by atoms with Crippen molar-refractivity contribution in [2.75, 3.05) is 0 Å². The predicted octanol–water partition coefficient (Wildman–Crippen LogP) is 8.73. The second-order valence-corrected chi connectivity index (χ2v) is 8.00. The van der Waals surface area contributed by atoms with Crippen molar-refractivity contribution in [3.05, 3.63) is 108 Å². The maximum atomic E-state index is 6.57. The zero-order valence-electron chi connectivity index (χ0n) is 16.1. The summed E-state index contributed by atoms with van der Waals surface area (Å²) in [5.41, 5.74) is 6.33. The van der Waals surface area contributed by atoms with Crippen molar-refractivity contribution in [1.29, 1.82) is 0 Å². The monoisotopic (exact) mass is 404 g/mol. The van der Waals surface area contributed by atoms with Gasteiger partial charge in [-0.15, -0.1) is 0 Å². The van der Waals surface area contributed by atoms with E-state index in [0.29, 0.717) is 0 Å². The van der Waals surface area contributed by atoms with Crippen LogP contribution >= 0.6 is 11.6 Å². The zero-order chi connectivity index (χ0) is 20.1. The minimum atomic E-state index is 0.729. The number of rotatable bonds is 2. The number of furan rings is 1. The largest absolute Gasteiger partial charge is 0.456 e. The van der Waals surface area contributed by atoms with Gasteiger partial charge < -0.3 is 4.42 Å².